The quantitative estimate of drug-likeness (QED) is 0.408. The van der Waals surface area contributed by atoms with Crippen molar-refractivity contribution < 1.29 is 14.6 Å². The van der Waals surface area contributed by atoms with Crippen molar-refractivity contribution in [1.82, 2.24) is 10.2 Å². The number of hydrogen-bond donors (Lipinski definition) is 2. The van der Waals surface area contributed by atoms with Crippen LogP contribution in [0.1, 0.15) is 43.7 Å². The largest absolute Gasteiger partial charge is 0.342 e. The number of ketones is 1. The van der Waals surface area contributed by atoms with E-state index >= 15 is 0 Å². The van der Waals surface area contributed by atoms with E-state index < -0.39 is 15.8 Å². The molecule has 0 bridgehead atoms. The minimum absolute atomic E-state index is 0.0172. The lowest BCUT2D eigenvalue weighted by molar-refractivity contribution is -0.385. The zero-order chi connectivity index (χ0) is 24.2. The van der Waals surface area contributed by atoms with Crippen LogP contribution in [0.15, 0.2) is 59.8 Å². The number of Topliss-reactive ketones (excluding diaryl/α,β-unsaturated/α-hetero) is 1. The molecule has 0 saturated carbocycles. The molecule has 1 aliphatic carbocycles. The first-order chi connectivity index (χ1) is 16.1. The number of fused-ring (bicyclic) bond motifs is 1. The SMILES string of the molecule is CC1(C)CC(=O)C2=C(C1)Nc1n[nH]c(-c3ccc([N+](=O)[O-])cc3)c1C2c1ccc([N+](=O)[O-])cc1. The molecule has 0 saturated heterocycles. The van der Waals surface area contributed by atoms with Crippen molar-refractivity contribution in [3.8, 4) is 11.3 Å². The Hall–Kier alpha value is -4.34. The normalized spacial score (nSPS) is 18.6. The predicted octanol–water partition coefficient (Wildman–Crippen LogP) is 5.09. The molecule has 1 atom stereocenters. The summed E-state index contributed by atoms with van der Waals surface area (Å²) >= 11 is 0. The summed E-state index contributed by atoms with van der Waals surface area (Å²) in [6.07, 6.45) is 1.05. The molecule has 10 nitrogen and oxygen atoms in total. The van der Waals surface area contributed by atoms with Gasteiger partial charge in [-0.15, -0.1) is 0 Å². The van der Waals surface area contributed by atoms with Crippen LogP contribution in [0.4, 0.5) is 17.2 Å². The van der Waals surface area contributed by atoms with E-state index in [1.165, 1.54) is 24.3 Å². The lowest BCUT2D eigenvalue weighted by atomic mass is 9.69. The summed E-state index contributed by atoms with van der Waals surface area (Å²) in [4.78, 5) is 34.7. The Kier molecular flexibility index (Phi) is 4.82. The lowest BCUT2D eigenvalue weighted by Gasteiger charge is -2.38. The van der Waals surface area contributed by atoms with E-state index in [0.717, 1.165) is 16.8 Å². The second-order valence-corrected chi connectivity index (χ2v) is 9.40. The van der Waals surface area contributed by atoms with Gasteiger partial charge in [-0.25, -0.2) is 0 Å². The van der Waals surface area contributed by atoms with Gasteiger partial charge in [0, 0.05) is 59.0 Å². The van der Waals surface area contributed by atoms with E-state index in [1.54, 1.807) is 24.3 Å². The van der Waals surface area contributed by atoms with Gasteiger partial charge in [-0.1, -0.05) is 26.0 Å². The van der Waals surface area contributed by atoms with Crippen LogP contribution >= 0.6 is 0 Å². The number of hydrogen-bond acceptors (Lipinski definition) is 7. The molecular weight excluding hydrogens is 438 g/mol. The Morgan fingerprint density at radius 3 is 2.12 bits per heavy atom. The van der Waals surface area contributed by atoms with Crippen molar-refractivity contribution in [3.63, 3.8) is 0 Å². The van der Waals surface area contributed by atoms with Crippen LogP contribution in [-0.2, 0) is 4.79 Å². The number of non-ortho nitro benzene ring substituents is 2. The van der Waals surface area contributed by atoms with Gasteiger partial charge in [-0.05, 0) is 29.5 Å². The van der Waals surface area contributed by atoms with Gasteiger partial charge in [0.25, 0.3) is 11.4 Å². The standard InChI is InChI=1S/C24H21N5O5/c1-24(2)11-17-20(18(30)12-24)19(13-3-7-15(8-4-13)28(31)32)21-22(26-27-23(21)25-17)14-5-9-16(10-6-14)29(33)34/h3-10,19H,11-12H2,1-2H3,(H2,25,26,27). The summed E-state index contributed by atoms with van der Waals surface area (Å²) in [5.41, 5.74) is 3.93. The molecule has 1 aliphatic heterocycles. The predicted molar refractivity (Wildman–Crippen MR) is 124 cm³/mol. The third-order valence-corrected chi connectivity index (χ3v) is 6.37. The minimum Gasteiger partial charge on any atom is -0.342 e. The van der Waals surface area contributed by atoms with Gasteiger partial charge < -0.3 is 5.32 Å². The third kappa shape index (κ3) is 3.53. The Labute approximate surface area is 194 Å². The summed E-state index contributed by atoms with van der Waals surface area (Å²) in [7, 11) is 0. The van der Waals surface area contributed by atoms with Gasteiger partial charge in [0.1, 0.15) is 0 Å². The molecule has 1 aromatic heterocycles. The number of aromatic amines is 1. The molecule has 10 heteroatoms. The van der Waals surface area contributed by atoms with Crippen molar-refractivity contribution in [1.29, 1.82) is 0 Å². The van der Waals surface area contributed by atoms with Gasteiger partial charge in [0.05, 0.1) is 15.5 Å². The highest BCUT2D eigenvalue weighted by atomic mass is 16.6. The Balaban J connectivity index is 1.69. The molecule has 5 rings (SSSR count). The van der Waals surface area contributed by atoms with E-state index in [4.69, 9.17) is 0 Å². The van der Waals surface area contributed by atoms with Gasteiger partial charge >= 0.3 is 0 Å². The number of rotatable bonds is 4. The van der Waals surface area contributed by atoms with Gasteiger partial charge in [0.2, 0.25) is 0 Å². The number of carbonyl (C=O) groups excluding carboxylic acids is 1. The second-order valence-electron chi connectivity index (χ2n) is 9.40. The van der Waals surface area contributed by atoms with Crippen LogP contribution in [0.3, 0.4) is 0 Å². The Morgan fingerprint density at radius 2 is 1.53 bits per heavy atom. The van der Waals surface area contributed by atoms with Crippen LogP contribution in [-0.4, -0.2) is 25.8 Å². The number of allylic oxidation sites excluding steroid dienone is 2. The number of benzene rings is 2. The van der Waals surface area contributed by atoms with E-state index in [0.29, 0.717) is 35.5 Å². The number of nitrogens with one attached hydrogen (secondary N) is 2. The zero-order valence-electron chi connectivity index (χ0n) is 18.5. The molecule has 2 heterocycles. The molecular formula is C24H21N5O5. The first-order valence-corrected chi connectivity index (χ1v) is 10.8. The number of nitro groups is 2. The molecule has 0 radical (unpaired) electrons. The number of aromatic nitrogens is 2. The number of anilines is 1. The molecule has 2 aromatic carbocycles. The van der Waals surface area contributed by atoms with Gasteiger partial charge in [-0.2, -0.15) is 5.10 Å². The minimum atomic E-state index is -0.486. The third-order valence-electron chi connectivity index (χ3n) is 6.37. The molecule has 0 spiro atoms. The number of carbonyl (C=O) groups is 1. The molecule has 2 aliphatic rings. The second kappa shape index (κ2) is 7.62. The Morgan fingerprint density at radius 1 is 0.941 bits per heavy atom. The zero-order valence-corrected chi connectivity index (χ0v) is 18.5. The summed E-state index contributed by atoms with van der Waals surface area (Å²) < 4.78 is 0. The first kappa shape index (κ1) is 21.5. The van der Waals surface area contributed by atoms with Crippen LogP contribution in [0.2, 0.25) is 0 Å². The molecule has 0 amide bonds. The summed E-state index contributed by atoms with van der Waals surface area (Å²) in [5.74, 6) is 0.101. The van der Waals surface area contributed by atoms with E-state index in [2.05, 4.69) is 15.5 Å². The summed E-state index contributed by atoms with van der Waals surface area (Å²) in [6, 6.07) is 12.3. The van der Waals surface area contributed by atoms with Crippen LogP contribution < -0.4 is 5.32 Å². The van der Waals surface area contributed by atoms with Crippen molar-refractivity contribution in [2.75, 3.05) is 5.32 Å². The topological polar surface area (TPSA) is 144 Å². The molecule has 1 unspecified atom stereocenters. The van der Waals surface area contributed by atoms with Crippen molar-refractivity contribution in [2.24, 2.45) is 5.41 Å². The molecule has 2 N–H and O–H groups in total. The smallest absolute Gasteiger partial charge is 0.269 e. The van der Waals surface area contributed by atoms with Gasteiger partial charge in [0.15, 0.2) is 11.6 Å². The molecule has 172 valence electrons. The summed E-state index contributed by atoms with van der Waals surface area (Å²) in [5, 5.41) is 33.1. The summed E-state index contributed by atoms with van der Waals surface area (Å²) in [6.45, 7) is 4.08. The van der Waals surface area contributed by atoms with E-state index in [-0.39, 0.29) is 22.6 Å². The maximum atomic E-state index is 13.4. The van der Waals surface area contributed by atoms with Crippen molar-refractivity contribution >= 4 is 23.0 Å². The molecule has 34 heavy (non-hydrogen) atoms. The fourth-order valence-electron chi connectivity index (χ4n) is 4.89. The van der Waals surface area contributed by atoms with E-state index in [9.17, 15) is 25.0 Å². The average molecular weight is 459 g/mol. The van der Waals surface area contributed by atoms with E-state index in [1.807, 2.05) is 13.8 Å². The molecule has 0 fully saturated rings. The maximum absolute atomic E-state index is 13.4. The van der Waals surface area contributed by atoms with Crippen LogP contribution in [0.25, 0.3) is 11.3 Å². The van der Waals surface area contributed by atoms with Crippen molar-refractivity contribution in [3.05, 3.63) is 91.2 Å². The first-order valence-electron chi connectivity index (χ1n) is 10.8. The highest BCUT2D eigenvalue weighted by molar-refractivity contribution is 6.02. The monoisotopic (exact) mass is 459 g/mol. The molecule has 3 aromatic rings. The highest BCUT2D eigenvalue weighted by Crippen LogP contribution is 2.51. The average Bonchev–Trinajstić information content (AvgIpc) is 3.20. The fourth-order valence-corrected chi connectivity index (χ4v) is 4.89. The van der Waals surface area contributed by atoms with Gasteiger partial charge in [-0.3, -0.25) is 30.1 Å². The Bertz CT molecular complexity index is 1370. The van der Waals surface area contributed by atoms with Crippen LogP contribution in [0, 0.1) is 25.6 Å². The number of nitrogens with zero attached hydrogens (tertiary/aromatic N) is 3. The maximum Gasteiger partial charge on any atom is 0.269 e. The van der Waals surface area contributed by atoms with Crippen LogP contribution in [0.5, 0.6) is 0 Å². The number of H-pyrrole nitrogens is 1. The lowest BCUT2D eigenvalue weighted by Crippen LogP contribution is -2.33. The van der Waals surface area contributed by atoms with Crippen molar-refractivity contribution in [2.45, 2.75) is 32.6 Å². The number of nitro benzene ring substituents is 2. The fraction of sp³-hybridized carbons (Fsp3) is 0.250. The highest BCUT2D eigenvalue weighted by Gasteiger charge is 2.42.